The van der Waals surface area contributed by atoms with Gasteiger partial charge in [0.15, 0.2) is 0 Å². The molecule has 30 heavy (non-hydrogen) atoms. The summed E-state index contributed by atoms with van der Waals surface area (Å²) in [4.78, 5) is 11.1. The molecule has 4 N–H and O–H groups in total. The summed E-state index contributed by atoms with van der Waals surface area (Å²) in [6.07, 6.45) is 4.91. The molecule has 4 aliphatic carbocycles. The largest absolute Gasteiger partial charge is 0.481 e. The van der Waals surface area contributed by atoms with Crippen LogP contribution in [0.1, 0.15) is 79.1 Å². The Kier molecular flexibility index (Phi) is 5.81. The first kappa shape index (κ1) is 22.5. The highest BCUT2D eigenvalue weighted by Crippen LogP contribution is 2.69. The lowest BCUT2D eigenvalue weighted by Crippen LogP contribution is -2.64. The van der Waals surface area contributed by atoms with Crippen molar-refractivity contribution in [1.82, 2.24) is 0 Å². The maximum absolute atomic E-state index is 11.6. The van der Waals surface area contributed by atoms with Crippen LogP contribution in [-0.2, 0) is 4.79 Å². The summed E-state index contributed by atoms with van der Waals surface area (Å²) in [5.41, 5.74) is -0.195. The summed E-state index contributed by atoms with van der Waals surface area (Å²) in [7, 11) is 0. The molecule has 172 valence electrons. The second-order valence-corrected chi connectivity index (χ2v) is 11.9. The molecule has 0 amide bonds. The fourth-order valence-electron chi connectivity index (χ4n) is 9.15. The molecule has 4 aliphatic rings. The third kappa shape index (κ3) is 3.17. The first-order chi connectivity index (χ1) is 14.0. The topological polar surface area (TPSA) is 98.0 Å². The number of aliphatic carboxylic acids is 1. The molecule has 0 aromatic heterocycles. The number of hydrogen-bond acceptors (Lipinski definition) is 4. The number of rotatable bonds is 4. The van der Waals surface area contributed by atoms with Crippen LogP contribution >= 0.6 is 0 Å². The Balaban J connectivity index is 1.63. The standard InChI is InChI=1S/C25H42O5/c1-13(5-8-22(29)30)17-6-7-18-23-19(12-21(28)25(17,18)4)24(3)14(2)9-16(26)10-15(24)11-20(23)27/h13-21,23,26-28H,5-12H2,1-4H3,(H,29,30)/t13-,14?,15+,16+,17-,18+,19+,20+,21-,23+,24+,25-/m1/s1. The van der Waals surface area contributed by atoms with Gasteiger partial charge in [-0.2, -0.15) is 0 Å². The number of carbonyl (C=O) groups is 1. The van der Waals surface area contributed by atoms with Gasteiger partial charge in [-0.05, 0) is 97.2 Å². The molecule has 0 aromatic rings. The lowest BCUT2D eigenvalue weighted by atomic mass is 9.41. The van der Waals surface area contributed by atoms with Gasteiger partial charge in [-0.15, -0.1) is 0 Å². The van der Waals surface area contributed by atoms with Crippen molar-refractivity contribution >= 4 is 5.97 Å². The van der Waals surface area contributed by atoms with E-state index in [2.05, 4.69) is 27.7 Å². The first-order valence-electron chi connectivity index (χ1n) is 12.3. The maximum atomic E-state index is 11.6. The molecule has 0 aliphatic heterocycles. The predicted octanol–water partition coefficient (Wildman–Crippen LogP) is 3.69. The second kappa shape index (κ2) is 7.74. The Morgan fingerprint density at radius 2 is 1.70 bits per heavy atom. The SMILES string of the molecule is CC1C[C@H](O)C[C@H]2C[C@H](O)[C@@H]3[C@H](C[C@@H](O)[C@]4(C)[C@@H]([C@H](C)CCC(=O)O)CC[C@@H]34)[C@@]12C. The van der Waals surface area contributed by atoms with Gasteiger partial charge in [0.05, 0.1) is 18.3 Å². The van der Waals surface area contributed by atoms with Crippen molar-refractivity contribution < 1.29 is 25.2 Å². The van der Waals surface area contributed by atoms with Crippen molar-refractivity contribution in [3.8, 4) is 0 Å². The normalized spacial score (nSPS) is 54.0. The van der Waals surface area contributed by atoms with Gasteiger partial charge in [0.2, 0.25) is 0 Å². The number of fused-ring (bicyclic) bond motifs is 5. The van der Waals surface area contributed by atoms with Gasteiger partial charge >= 0.3 is 5.97 Å². The summed E-state index contributed by atoms with van der Waals surface area (Å²) in [6, 6.07) is 0. The Hall–Kier alpha value is -0.650. The molecule has 5 nitrogen and oxygen atoms in total. The highest BCUT2D eigenvalue weighted by molar-refractivity contribution is 5.66. The Labute approximate surface area is 181 Å². The molecule has 4 rings (SSSR count). The van der Waals surface area contributed by atoms with Crippen molar-refractivity contribution in [2.75, 3.05) is 0 Å². The van der Waals surface area contributed by atoms with E-state index >= 15 is 0 Å². The summed E-state index contributed by atoms with van der Waals surface area (Å²) >= 11 is 0. The third-order valence-corrected chi connectivity index (χ3v) is 10.9. The first-order valence-corrected chi connectivity index (χ1v) is 12.3. The maximum Gasteiger partial charge on any atom is 0.303 e. The molecule has 0 saturated heterocycles. The quantitative estimate of drug-likeness (QED) is 0.554. The van der Waals surface area contributed by atoms with E-state index in [1.807, 2.05) is 0 Å². The van der Waals surface area contributed by atoms with Gasteiger partial charge in [-0.3, -0.25) is 4.79 Å². The fraction of sp³-hybridized carbons (Fsp3) is 0.960. The minimum atomic E-state index is -0.749. The van der Waals surface area contributed by atoms with E-state index in [1.165, 1.54) is 0 Å². The number of carboxylic acid groups (broad SMARTS) is 1. The van der Waals surface area contributed by atoms with Crippen molar-refractivity contribution in [3.63, 3.8) is 0 Å². The lowest BCUT2D eigenvalue weighted by Gasteiger charge is -2.65. The fourth-order valence-corrected chi connectivity index (χ4v) is 9.15. The summed E-state index contributed by atoms with van der Waals surface area (Å²) in [6.45, 7) is 9.01. The summed E-state index contributed by atoms with van der Waals surface area (Å²) in [5, 5.41) is 42.4. The highest BCUT2D eigenvalue weighted by atomic mass is 16.4. The van der Waals surface area contributed by atoms with Gasteiger partial charge in [-0.1, -0.05) is 27.7 Å². The molecule has 1 unspecified atom stereocenters. The van der Waals surface area contributed by atoms with E-state index in [9.17, 15) is 20.1 Å². The Morgan fingerprint density at radius 3 is 2.37 bits per heavy atom. The zero-order chi connectivity index (χ0) is 22.0. The molecule has 4 fully saturated rings. The number of carboxylic acids is 1. The molecule has 12 atom stereocenters. The predicted molar refractivity (Wildman–Crippen MR) is 115 cm³/mol. The zero-order valence-electron chi connectivity index (χ0n) is 19.1. The van der Waals surface area contributed by atoms with Crippen LogP contribution < -0.4 is 0 Å². The van der Waals surface area contributed by atoms with Gasteiger partial charge in [0.1, 0.15) is 0 Å². The number of aliphatic hydroxyl groups is 3. The second-order valence-electron chi connectivity index (χ2n) is 11.9. The van der Waals surface area contributed by atoms with E-state index in [0.29, 0.717) is 24.2 Å². The zero-order valence-corrected chi connectivity index (χ0v) is 19.1. The van der Waals surface area contributed by atoms with Crippen LogP contribution in [0.25, 0.3) is 0 Å². The van der Waals surface area contributed by atoms with Crippen LogP contribution in [0, 0.1) is 52.3 Å². The van der Waals surface area contributed by atoms with Gasteiger partial charge in [0, 0.05) is 6.42 Å². The average Bonchev–Trinajstić information content (AvgIpc) is 3.01. The van der Waals surface area contributed by atoms with Crippen molar-refractivity contribution in [3.05, 3.63) is 0 Å². The smallest absolute Gasteiger partial charge is 0.303 e. The molecule has 0 aromatic carbocycles. The molecule has 5 heteroatoms. The monoisotopic (exact) mass is 422 g/mol. The Morgan fingerprint density at radius 1 is 1.00 bits per heavy atom. The van der Waals surface area contributed by atoms with E-state index < -0.39 is 12.1 Å². The van der Waals surface area contributed by atoms with Crippen LogP contribution in [-0.4, -0.2) is 44.7 Å². The molecule has 0 heterocycles. The summed E-state index contributed by atoms with van der Waals surface area (Å²) in [5.74, 6) is 1.29. The van der Waals surface area contributed by atoms with E-state index in [-0.39, 0.29) is 53.1 Å². The third-order valence-electron chi connectivity index (χ3n) is 10.9. The molecule has 4 saturated carbocycles. The van der Waals surface area contributed by atoms with Crippen molar-refractivity contribution in [2.45, 2.75) is 97.4 Å². The number of hydrogen-bond donors (Lipinski definition) is 4. The van der Waals surface area contributed by atoms with Crippen LogP contribution in [0.4, 0.5) is 0 Å². The molecule has 0 bridgehead atoms. The molecule has 0 radical (unpaired) electrons. The summed E-state index contributed by atoms with van der Waals surface area (Å²) < 4.78 is 0. The van der Waals surface area contributed by atoms with E-state index in [1.54, 1.807) is 0 Å². The van der Waals surface area contributed by atoms with Crippen molar-refractivity contribution in [1.29, 1.82) is 0 Å². The van der Waals surface area contributed by atoms with Crippen molar-refractivity contribution in [2.24, 2.45) is 52.3 Å². The van der Waals surface area contributed by atoms with Crippen LogP contribution in [0.3, 0.4) is 0 Å². The molecule has 0 spiro atoms. The van der Waals surface area contributed by atoms with Gasteiger partial charge < -0.3 is 20.4 Å². The minimum absolute atomic E-state index is 0.0540. The minimum Gasteiger partial charge on any atom is -0.481 e. The van der Waals surface area contributed by atoms with E-state index in [0.717, 1.165) is 38.5 Å². The van der Waals surface area contributed by atoms with Crippen LogP contribution in [0.15, 0.2) is 0 Å². The van der Waals surface area contributed by atoms with Gasteiger partial charge in [-0.25, -0.2) is 0 Å². The molecular formula is C25H42O5. The average molecular weight is 423 g/mol. The molecular weight excluding hydrogens is 380 g/mol. The van der Waals surface area contributed by atoms with E-state index in [4.69, 9.17) is 5.11 Å². The van der Waals surface area contributed by atoms with Crippen LogP contribution in [0.5, 0.6) is 0 Å². The van der Waals surface area contributed by atoms with Crippen LogP contribution in [0.2, 0.25) is 0 Å². The Bertz CT molecular complexity index is 666. The highest BCUT2D eigenvalue weighted by Gasteiger charge is 2.66. The van der Waals surface area contributed by atoms with Gasteiger partial charge in [0.25, 0.3) is 0 Å². The number of aliphatic hydroxyl groups excluding tert-OH is 3. The lowest BCUT2D eigenvalue weighted by molar-refractivity contribution is -0.220.